The van der Waals surface area contributed by atoms with Crippen molar-refractivity contribution in [2.75, 3.05) is 0 Å². The van der Waals surface area contributed by atoms with Crippen molar-refractivity contribution in [3.63, 3.8) is 0 Å². The van der Waals surface area contributed by atoms with Crippen molar-refractivity contribution in [1.82, 2.24) is 5.32 Å². The molecule has 0 saturated carbocycles. The second-order valence-electron chi connectivity index (χ2n) is 4.87. The van der Waals surface area contributed by atoms with Gasteiger partial charge >= 0.3 is 0 Å². The molecule has 4 heteroatoms. The molecule has 1 aliphatic carbocycles. The van der Waals surface area contributed by atoms with E-state index in [1.54, 1.807) is 12.1 Å². The van der Waals surface area contributed by atoms with Crippen LogP contribution in [0.4, 0.5) is 4.39 Å². The Hall–Kier alpha value is -0.710. The van der Waals surface area contributed by atoms with E-state index in [1.807, 2.05) is 17.4 Å². The zero-order valence-electron chi connectivity index (χ0n) is 10.5. The lowest BCUT2D eigenvalue weighted by molar-refractivity contribution is 0.462. The summed E-state index contributed by atoms with van der Waals surface area (Å²) < 4.78 is 14.0. The molecule has 0 bridgehead atoms. The maximum absolute atomic E-state index is 13.5. The third kappa shape index (κ3) is 2.91. The lowest BCUT2D eigenvalue weighted by Crippen LogP contribution is -2.23. The number of thiophene rings is 1. The van der Waals surface area contributed by atoms with Crippen LogP contribution in [0.1, 0.15) is 34.9 Å². The smallest absolute Gasteiger partial charge is 0.137 e. The van der Waals surface area contributed by atoms with Crippen LogP contribution >= 0.6 is 27.3 Å². The minimum Gasteiger partial charge on any atom is -0.306 e. The summed E-state index contributed by atoms with van der Waals surface area (Å²) in [4.78, 5) is 1.51. The molecule has 2 aromatic rings. The van der Waals surface area contributed by atoms with Gasteiger partial charge in [-0.3, -0.25) is 0 Å². The molecule has 1 aliphatic rings. The van der Waals surface area contributed by atoms with Gasteiger partial charge in [-0.1, -0.05) is 6.07 Å². The van der Waals surface area contributed by atoms with Gasteiger partial charge in [0.1, 0.15) is 5.82 Å². The largest absolute Gasteiger partial charge is 0.306 e. The summed E-state index contributed by atoms with van der Waals surface area (Å²) in [6.45, 7) is 0.712. The maximum atomic E-state index is 13.5. The average Bonchev–Trinajstić information content (AvgIpc) is 2.89. The Morgan fingerprint density at radius 3 is 3.11 bits per heavy atom. The van der Waals surface area contributed by atoms with Crippen molar-refractivity contribution >= 4 is 27.3 Å². The van der Waals surface area contributed by atoms with Gasteiger partial charge in [0, 0.05) is 17.5 Å². The Labute approximate surface area is 125 Å². The lowest BCUT2D eigenvalue weighted by Gasteiger charge is -2.24. The van der Waals surface area contributed by atoms with Crippen molar-refractivity contribution in [3.8, 4) is 0 Å². The highest BCUT2D eigenvalue weighted by Gasteiger charge is 2.20. The van der Waals surface area contributed by atoms with E-state index in [0.29, 0.717) is 17.1 Å². The third-order valence-electron chi connectivity index (χ3n) is 3.59. The first-order chi connectivity index (χ1) is 9.24. The summed E-state index contributed by atoms with van der Waals surface area (Å²) in [5.41, 5.74) is 2.43. The van der Waals surface area contributed by atoms with Crippen LogP contribution in [0.2, 0.25) is 0 Å². The molecule has 3 rings (SSSR count). The summed E-state index contributed by atoms with van der Waals surface area (Å²) >= 11 is 5.03. The van der Waals surface area contributed by atoms with Crippen LogP contribution in [0.3, 0.4) is 0 Å². The number of hydrogen-bond donors (Lipinski definition) is 1. The lowest BCUT2D eigenvalue weighted by atomic mass is 9.94. The number of benzene rings is 1. The summed E-state index contributed by atoms with van der Waals surface area (Å²) in [6, 6.07) is 7.95. The Morgan fingerprint density at radius 2 is 2.26 bits per heavy atom. The standard InChI is InChI=1S/C15H15BrFNS/c16-12-5-4-10(8-13(12)17)9-18-14-2-1-3-15-11(14)6-7-19-15/h4-8,14,18H,1-3,9H2. The van der Waals surface area contributed by atoms with Gasteiger partial charge in [0.15, 0.2) is 0 Å². The molecule has 0 amide bonds. The van der Waals surface area contributed by atoms with Crippen molar-refractivity contribution in [2.24, 2.45) is 0 Å². The fourth-order valence-corrected chi connectivity index (χ4v) is 3.82. The van der Waals surface area contributed by atoms with Crippen molar-refractivity contribution in [2.45, 2.75) is 31.8 Å². The molecule has 0 saturated heterocycles. The molecule has 1 aromatic carbocycles. The quantitative estimate of drug-likeness (QED) is 0.845. The van der Waals surface area contributed by atoms with E-state index in [9.17, 15) is 4.39 Å². The van der Waals surface area contributed by atoms with E-state index in [1.165, 1.54) is 29.7 Å². The highest BCUT2D eigenvalue weighted by Crippen LogP contribution is 2.33. The highest BCUT2D eigenvalue weighted by atomic mass is 79.9. The molecule has 100 valence electrons. The van der Waals surface area contributed by atoms with Crippen molar-refractivity contribution < 1.29 is 4.39 Å². The number of aryl methyl sites for hydroxylation is 1. The van der Waals surface area contributed by atoms with Gasteiger partial charge in [0.2, 0.25) is 0 Å². The molecule has 19 heavy (non-hydrogen) atoms. The van der Waals surface area contributed by atoms with E-state index in [0.717, 1.165) is 5.56 Å². The van der Waals surface area contributed by atoms with Gasteiger partial charge in [-0.15, -0.1) is 11.3 Å². The van der Waals surface area contributed by atoms with Crippen LogP contribution in [-0.4, -0.2) is 0 Å². The van der Waals surface area contributed by atoms with Crippen molar-refractivity contribution in [3.05, 3.63) is 55.9 Å². The zero-order valence-corrected chi connectivity index (χ0v) is 12.9. The number of nitrogens with one attached hydrogen (secondary N) is 1. The van der Waals surface area contributed by atoms with Crippen LogP contribution in [0.15, 0.2) is 34.1 Å². The van der Waals surface area contributed by atoms with Crippen molar-refractivity contribution in [1.29, 1.82) is 0 Å². The number of rotatable bonds is 3. The second kappa shape index (κ2) is 5.73. The molecule has 0 fully saturated rings. The summed E-state index contributed by atoms with van der Waals surface area (Å²) in [7, 11) is 0. The SMILES string of the molecule is Fc1cc(CNC2CCCc3sccc32)ccc1Br. The van der Waals surface area contributed by atoms with Crippen LogP contribution in [0.5, 0.6) is 0 Å². The van der Waals surface area contributed by atoms with Crippen LogP contribution < -0.4 is 5.32 Å². The Bertz CT molecular complexity index is 581. The van der Waals surface area contributed by atoms with Crippen LogP contribution in [0.25, 0.3) is 0 Å². The van der Waals surface area contributed by atoms with Gasteiger partial charge in [-0.2, -0.15) is 0 Å². The topological polar surface area (TPSA) is 12.0 Å². The Morgan fingerprint density at radius 1 is 1.37 bits per heavy atom. The molecule has 0 aliphatic heterocycles. The first-order valence-corrected chi connectivity index (χ1v) is 8.15. The first kappa shape index (κ1) is 13.3. The fraction of sp³-hybridized carbons (Fsp3) is 0.333. The van der Waals surface area contributed by atoms with Crippen LogP contribution in [0, 0.1) is 5.82 Å². The van der Waals surface area contributed by atoms with Gasteiger partial charge in [-0.05, 0) is 69.9 Å². The van der Waals surface area contributed by atoms with Gasteiger partial charge in [0.05, 0.1) is 4.47 Å². The summed E-state index contributed by atoms with van der Waals surface area (Å²) in [6.07, 6.45) is 3.61. The molecule has 0 spiro atoms. The normalized spacial score (nSPS) is 18.3. The minimum absolute atomic E-state index is 0.195. The van der Waals surface area contributed by atoms with E-state index < -0.39 is 0 Å². The van der Waals surface area contributed by atoms with Gasteiger partial charge < -0.3 is 5.32 Å². The molecule has 1 unspecified atom stereocenters. The zero-order chi connectivity index (χ0) is 13.2. The molecule has 1 aromatic heterocycles. The first-order valence-electron chi connectivity index (χ1n) is 6.47. The maximum Gasteiger partial charge on any atom is 0.137 e. The number of fused-ring (bicyclic) bond motifs is 1. The van der Waals surface area contributed by atoms with Gasteiger partial charge in [-0.25, -0.2) is 4.39 Å². The van der Waals surface area contributed by atoms with E-state index in [-0.39, 0.29) is 5.82 Å². The van der Waals surface area contributed by atoms with Gasteiger partial charge in [0.25, 0.3) is 0 Å². The predicted octanol–water partition coefficient (Wildman–Crippen LogP) is 4.82. The van der Waals surface area contributed by atoms with Crippen LogP contribution in [-0.2, 0) is 13.0 Å². The number of hydrogen-bond acceptors (Lipinski definition) is 2. The second-order valence-corrected chi connectivity index (χ2v) is 6.73. The third-order valence-corrected chi connectivity index (χ3v) is 5.23. The molecule has 1 nitrogen and oxygen atoms in total. The molecule has 1 heterocycles. The fourth-order valence-electron chi connectivity index (χ4n) is 2.59. The molecule has 1 atom stereocenters. The molecule has 1 N–H and O–H groups in total. The van der Waals surface area contributed by atoms with E-state index in [4.69, 9.17) is 0 Å². The Kier molecular flexibility index (Phi) is 4.01. The summed E-state index contributed by atoms with van der Waals surface area (Å²) in [5, 5.41) is 5.72. The predicted molar refractivity (Wildman–Crippen MR) is 80.9 cm³/mol. The minimum atomic E-state index is -0.195. The average molecular weight is 340 g/mol. The Balaban J connectivity index is 1.69. The van der Waals surface area contributed by atoms with E-state index in [2.05, 4.69) is 32.7 Å². The molecule has 0 radical (unpaired) electrons. The summed E-state index contributed by atoms with van der Waals surface area (Å²) in [5.74, 6) is -0.195. The highest BCUT2D eigenvalue weighted by molar-refractivity contribution is 9.10. The molecular weight excluding hydrogens is 325 g/mol. The number of halogens is 2. The van der Waals surface area contributed by atoms with E-state index >= 15 is 0 Å². The molecular formula is C15H15BrFNS. The monoisotopic (exact) mass is 339 g/mol.